The number of aromatic nitrogens is 2. The van der Waals surface area contributed by atoms with Gasteiger partial charge in [0.2, 0.25) is 0 Å². The van der Waals surface area contributed by atoms with Gasteiger partial charge in [-0.2, -0.15) is 0 Å². The van der Waals surface area contributed by atoms with Gasteiger partial charge in [-0.1, -0.05) is 6.92 Å². The predicted molar refractivity (Wildman–Crippen MR) is 74.8 cm³/mol. The van der Waals surface area contributed by atoms with Crippen molar-refractivity contribution < 1.29 is 4.42 Å². The summed E-state index contributed by atoms with van der Waals surface area (Å²) in [6.45, 7) is 6.03. The summed E-state index contributed by atoms with van der Waals surface area (Å²) in [4.78, 5) is 10.6. The van der Waals surface area contributed by atoms with Crippen LogP contribution in [-0.4, -0.2) is 28.5 Å². The van der Waals surface area contributed by atoms with Gasteiger partial charge in [0, 0.05) is 31.1 Å². The molecule has 4 nitrogen and oxygen atoms in total. The molecule has 1 atom stereocenters. The number of hydrogen-bond acceptors (Lipinski definition) is 4. The van der Waals surface area contributed by atoms with Crippen LogP contribution in [0.1, 0.15) is 36.5 Å². The molecule has 19 heavy (non-hydrogen) atoms. The van der Waals surface area contributed by atoms with Gasteiger partial charge in [0.15, 0.2) is 0 Å². The Balaban J connectivity index is 1.79. The predicted octanol–water partition coefficient (Wildman–Crippen LogP) is 3.00. The van der Waals surface area contributed by atoms with Gasteiger partial charge >= 0.3 is 0 Å². The molecule has 2 aromatic rings. The third kappa shape index (κ3) is 4.17. The molecule has 2 aromatic heterocycles. The summed E-state index contributed by atoms with van der Waals surface area (Å²) in [6, 6.07) is 4.10. The fourth-order valence-corrected chi connectivity index (χ4v) is 2.04. The van der Waals surface area contributed by atoms with E-state index < -0.39 is 0 Å². The van der Waals surface area contributed by atoms with Crippen LogP contribution in [0.4, 0.5) is 0 Å². The van der Waals surface area contributed by atoms with Crippen molar-refractivity contribution in [2.45, 2.75) is 32.7 Å². The van der Waals surface area contributed by atoms with Crippen LogP contribution in [0.5, 0.6) is 0 Å². The molecule has 0 aliphatic carbocycles. The first-order valence-corrected chi connectivity index (χ1v) is 6.65. The molecular formula is C15H21N3O. The topological polar surface area (TPSA) is 42.2 Å². The smallest absolute Gasteiger partial charge is 0.107 e. The van der Waals surface area contributed by atoms with E-state index in [0.717, 1.165) is 36.7 Å². The Morgan fingerprint density at radius 2 is 2.16 bits per heavy atom. The van der Waals surface area contributed by atoms with E-state index in [9.17, 15) is 0 Å². The van der Waals surface area contributed by atoms with E-state index in [2.05, 4.69) is 34.9 Å². The van der Waals surface area contributed by atoms with Crippen molar-refractivity contribution in [2.75, 3.05) is 13.6 Å². The summed E-state index contributed by atoms with van der Waals surface area (Å²) in [5.74, 6) is 2.50. The van der Waals surface area contributed by atoms with Crippen LogP contribution in [0, 0.1) is 6.92 Å². The Labute approximate surface area is 114 Å². The Morgan fingerprint density at radius 3 is 2.79 bits per heavy atom. The Bertz CT molecular complexity index is 495. The summed E-state index contributed by atoms with van der Waals surface area (Å²) < 4.78 is 5.65. The van der Waals surface area contributed by atoms with Gasteiger partial charge < -0.3 is 9.32 Å². The summed E-state index contributed by atoms with van der Waals surface area (Å²) in [5, 5.41) is 0. The largest absolute Gasteiger partial charge is 0.466 e. The molecule has 0 spiro atoms. The van der Waals surface area contributed by atoms with E-state index in [1.165, 1.54) is 0 Å². The molecule has 2 rings (SSSR count). The number of hydrogen-bond donors (Lipinski definition) is 0. The monoisotopic (exact) mass is 259 g/mol. The van der Waals surface area contributed by atoms with Crippen molar-refractivity contribution in [1.29, 1.82) is 0 Å². The first-order chi connectivity index (χ1) is 9.15. The Kier molecular flexibility index (Phi) is 4.68. The van der Waals surface area contributed by atoms with Gasteiger partial charge in [0.05, 0.1) is 5.69 Å². The third-order valence-corrected chi connectivity index (χ3v) is 3.24. The molecule has 0 aromatic carbocycles. The van der Waals surface area contributed by atoms with Crippen molar-refractivity contribution in [3.8, 4) is 0 Å². The first kappa shape index (κ1) is 13.7. The van der Waals surface area contributed by atoms with Gasteiger partial charge in [-0.05, 0) is 39.1 Å². The van der Waals surface area contributed by atoms with E-state index in [4.69, 9.17) is 4.42 Å². The zero-order valence-electron chi connectivity index (χ0n) is 11.8. The van der Waals surface area contributed by atoms with Gasteiger partial charge in [-0.15, -0.1) is 0 Å². The van der Waals surface area contributed by atoms with Crippen LogP contribution in [0.2, 0.25) is 0 Å². The van der Waals surface area contributed by atoms with Gasteiger partial charge in [-0.25, -0.2) is 0 Å². The van der Waals surface area contributed by atoms with Crippen LogP contribution in [0.3, 0.4) is 0 Å². The highest BCUT2D eigenvalue weighted by atomic mass is 16.3. The molecule has 0 fully saturated rings. The summed E-state index contributed by atoms with van der Waals surface area (Å²) in [5.41, 5.74) is 1.01. The molecule has 2 heterocycles. The second-order valence-electron chi connectivity index (χ2n) is 5.07. The van der Waals surface area contributed by atoms with Crippen LogP contribution in [0.25, 0.3) is 0 Å². The number of nitrogens with zero attached hydrogens (tertiary/aromatic N) is 3. The summed E-state index contributed by atoms with van der Waals surface area (Å²) >= 11 is 0. The van der Waals surface area contributed by atoms with E-state index in [1.807, 2.05) is 19.2 Å². The van der Waals surface area contributed by atoms with Gasteiger partial charge in [0.1, 0.15) is 11.5 Å². The minimum atomic E-state index is 0.443. The number of furan rings is 1. The van der Waals surface area contributed by atoms with E-state index >= 15 is 0 Å². The molecule has 0 saturated carbocycles. The lowest BCUT2D eigenvalue weighted by atomic mass is 10.1. The summed E-state index contributed by atoms with van der Waals surface area (Å²) in [6.07, 6.45) is 6.32. The van der Waals surface area contributed by atoms with E-state index in [-0.39, 0.29) is 0 Å². The molecule has 0 amide bonds. The maximum Gasteiger partial charge on any atom is 0.107 e. The van der Waals surface area contributed by atoms with Crippen LogP contribution < -0.4 is 0 Å². The highest BCUT2D eigenvalue weighted by Gasteiger charge is 2.11. The van der Waals surface area contributed by atoms with Crippen molar-refractivity contribution in [2.24, 2.45) is 0 Å². The average Bonchev–Trinajstić information content (AvgIpc) is 2.84. The zero-order valence-corrected chi connectivity index (χ0v) is 11.8. The van der Waals surface area contributed by atoms with Gasteiger partial charge in [-0.3, -0.25) is 9.97 Å². The van der Waals surface area contributed by atoms with Crippen LogP contribution in [0.15, 0.2) is 35.1 Å². The minimum absolute atomic E-state index is 0.443. The zero-order chi connectivity index (χ0) is 13.7. The van der Waals surface area contributed by atoms with E-state index in [1.54, 1.807) is 12.4 Å². The second-order valence-corrected chi connectivity index (χ2v) is 5.07. The summed E-state index contributed by atoms with van der Waals surface area (Å²) in [7, 11) is 2.11. The molecule has 0 aliphatic heterocycles. The molecule has 0 bridgehead atoms. The maximum absolute atomic E-state index is 5.65. The van der Waals surface area contributed by atoms with E-state index in [0.29, 0.717) is 5.92 Å². The number of rotatable bonds is 6. The Hall–Kier alpha value is -1.68. The van der Waals surface area contributed by atoms with Crippen molar-refractivity contribution >= 4 is 0 Å². The molecule has 0 N–H and O–H groups in total. The molecule has 0 saturated heterocycles. The van der Waals surface area contributed by atoms with Gasteiger partial charge in [0.25, 0.3) is 0 Å². The molecule has 4 heteroatoms. The highest BCUT2D eigenvalue weighted by molar-refractivity contribution is 5.09. The maximum atomic E-state index is 5.65. The fraction of sp³-hybridized carbons (Fsp3) is 0.467. The fourth-order valence-electron chi connectivity index (χ4n) is 2.04. The highest BCUT2D eigenvalue weighted by Crippen LogP contribution is 2.21. The average molecular weight is 259 g/mol. The lowest BCUT2D eigenvalue weighted by Crippen LogP contribution is -2.21. The first-order valence-electron chi connectivity index (χ1n) is 6.65. The molecule has 102 valence electrons. The SMILES string of the molecule is Cc1ccc([C@H](C)CCN(C)Cc2cnccn2)o1. The molecule has 0 unspecified atom stereocenters. The van der Waals surface area contributed by atoms with Crippen molar-refractivity contribution in [3.05, 3.63) is 47.9 Å². The standard InChI is InChI=1S/C15H21N3O/c1-12(15-5-4-13(2)19-15)6-9-18(3)11-14-10-16-7-8-17-14/h4-5,7-8,10,12H,6,9,11H2,1-3H3/t12-/m1/s1. The number of aryl methyl sites for hydroxylation is 1. The third-order valence-electron chi connectivity index (χ3n) is 3.24. The Morgan fingerprint density at radius 1 is 1.32 bits per heavy atom. The quantitative estimate of drug-likeness (QED) is 0.799. The molecular weight excluding hydrogens is 238 g/mol. The lowest BCUT2D eigenvalue weighted by Gasteiger charge is -2.17. The van der Waals surface area contributed by atoms with Crippen molar-refractivity contribution in [3.63, 3.8) is 0 Å². The molecule has 0 radical (unpaired) electrons. The van der Waals surface area contributed by atoms with Crippen LogP contribution in [-0.2, 0) is 6.54 Å². The lowest BCUT2D eigenvalue weighted by molar-refractivity contribution is 0.301. The normalized spacial score (nSPS) is 12.8. The van der Waals surface area contributed by atoms with Crippen LogP contribution >= 0.6 is 0 Å². The molecule has 0 aliphatic rings. The minimum Gasteiger partial charge on any atom is -0.466 e. The van der Waals surface area contributed by atoms with Crippen molar-refractivity contribution in [1.82, 2.24) is 14.9 Å². The second kappa shape index (κ2) is 6.48.